The summed E-state index contributed by atoms with van der Waals surface area (Å²) in [6.45, 7) is 1.78. The first-order valence-electron chi connectivity index (χ1n) is 8.86. The van der Waals surface area contributed by atoms with Crippen molar-refractivity contribution in [2.75, 3.05) is 5.32 Å². The minimum absolute atomic E-state index is 0.0600. The normalized spacial score (nSPS) is 11.2. The predicted octanol–water partition coefficient (Wildman–Crippen LogP) is 1.76. The molecule has 0 bridgehead atoms. The first kappa shape index (κ1) is 20.4. The average Bonchev–Trinajstić information content (AvgIpc) is 2.69. The second-order valence-electron chi connectivity index (χ2n) is 6.38. The summed E-state index contributed by atoms with van der Waals surface area (Å²) in [6, 6.07) is 16.2. The molecular weight excluding hydrogens is 392 g/mol. The number of hydrogen-bond donors (Lipinski definition) is 2. The van der Waals surface area contributed by atoms with Gasteiger partial charge in [-0.3, -0.25) is 9.59 Å². The van der Waals surface area contributed by atoms with Crippen LogP contribution in [0.1, 0.15) is 12.5 Å². The van der Waals surface area contributed by atoms with Crippen molar-refractivity contribution in [3.63, 3.8) is 0 Å². The Labute approximate surface area is 168 Å². The number of amides is 1. The van der Waals surface area contributed by atoms with Crippen LogP contribution in [-0.4, -0.2) is 24.1 Å². The number of nitrogens with one attached hydrogen (secondary N) is 1. The van der Waals surface area contributed by atoms with Crippen molar-refractivity contribution in [2.24, 2.45) is 5.14 Å². The van der Waals surface area contributed by atoms with Crippen LogP contribution in [0.5, 0.6) is 0 Å². The number of aromatic nitrogens is 2. The van der Waals surface area contributed by atoms with Crippen LogP contribution in [0.2, 0.25) is 0 Å². The Hall–Kier alpha value is -3.30. The fourth-order valence-electron chi connectivity index (χ4n) is 2.69. The number of carbonyl (C=O) groups is 1. The highest BCUT2D eigenvalue weighted by Crippen LogP contribution is 2.17. The van der Waals surface area contributed by atoms with Crippen molar-refractivity contribution in [2.45, 2.75) is 24.8 Å². The average molecular weight is 412 g/mol. The van der Waals surface area contributed by atoms with E-state index < -0.39 is 21.5 Å². The van der Waals surface area contributed by atoms with E-state index in [4.69, 9.17) is 5.14 Å². The van der Waals surface area contributed by atoms with E-state index in [0.717, 1.165) is 16.7 Å². The molecule has 0 unspecified atom stereocenters. The fourth-order valence-corrected chi connectivity index (χ4v) is 3.21. The Morgan fingerprint density at radius 1 is 1.03 bits per heavy atom. The quantitative estimate of drug-likeness (QED) is 0.638. The highest BCUT2D eigenvalue weighted by atomic mass is 32.2. The molecule has 0 aliphatic heterocycles. The summed E-state index contributed by atoms with van der Waals surface area (Å²) < 4.78 is 23.6. The third-order valence-electron chi connectivity index (χ3n) is 4.28. The van der Waals surface area contributed by atoms with Crippen molar-refractivity contribution in [1.82, 2.24) is 9.78 Å². The first-order chi connectivity index (χ1) is 13.8. The van der Waals surface area contributed by atoms with Crippen LogP contribution in [0, 0.1) is 0 Å². The Morgan fingerprint density at radius 2 is 1.69 bits per heavy atom. The third kappa shape index (κ3) is 5.15. The van der Waals surface area contributed by atoms with E-state index in [1.54, 1.807) is 6.07 Å². The van der Waals surface area contributed by atoms with Gasteiger partial charge in [0.25, 0.3) is 5.56 Å². The summed E-state index contributed by atoms with van der Waals surface area (Å²) in [5.74, 6) is -0.471. The van der Waals surface area contributed by atoms with Gasteiger partial charge in [0, 0.05) is 17.3 Å². The van der Waals surface area contributed by atoms with E-state index in [1.807, 2.05) is 24.3 Å². The highest BCUT2D eigenvalue weighted by molar-refractivity contribution is 7.89. The second-order valence-corrected chi connectivity index (χ2v) is 7.94. The monoisotopic (exact) mass is 412 g/mol. The predicted molar refractivity (Wildman–Crippen MR) is 110 cm³/mol. The summed E-state index contributed by atoms with van der Waals surface area (Å²) in [5, 5.41) is 11.9. The number of aryl methyl sites for hydroxylation is 1. The third-order valence-corrected chi connectivity index (χ3v) is 5.21. The molecule has 3 rings (SSSR count). The van der Waals surface area contributed by atoms with Gasteiger partial charge in [0.05, 0.1) is 10.6 Å². The van der Waals surface area contributed by atoms with Gasteiger partial charge in [-0.2, -0.15) is 5.10 Å². The van der Waals surface area contributed by atoms with Crippen molar-refractivity contribution in [3.05, 3.63) is 76.6 Å². The minimum atomic E-state index is -3.81. The van der Waals surface area contributed by atoms with Crippen LogP contribution in [0.4, 0.5) is 5.69 Å². The molecule has 0 atom stereocenters. The van der Waals surface area contributed by atoms with Gasteiger partial charge in [0.2, 0.25) is 15.9 Å². The van der Waals surface area contributed by atoms with E-state index >= 15 is 0 Å². The largest absolute Gasteiger partial charge is 0.324 e. The summed E-state index contributed by atoms with van der Waals surface area (Å²) in [4.78, 5) is 24.3. The minimum Gasteiger partial charge on any atom is -0.324 e. The van der Waals surface area contributed by atoms with Crippen LogP contribution in [0.25, 0.3) is 11.3 Å². The fraction of sp³-hybridized carbons (Fsp3) is 0.150. The molecule has 29 heavy (non-hydrogen) atoms. The molecule has 1 aromatic heterocycles. The summed E-state index contributed by atoms with van der Waals surface area (Å²) in [5.41, 5.74) is 2.59. The Kier molecular flexibility index (Phi) is 5.90. The van der Waals surface area contributed by atoms with E-state index in [2.05, 4.69) is 17.3 Å². The van der Waals surface area contributed by atoms with Crippen LogP contribution in [-0.2, 0) is 27.8 Å². The number of hydrogen-bond acceptors (Lipinski definition) is 5. The smallest absolute Gasteiger partial charge is 0.267 e. The number of rotatable bonds is 6. The zero-order chi connectivity index (χ0) is 21.0. The molecular formula is C20H20N4O4S. The van der Waals surface area contributed by atoms with Gasteiger partial charge in [0.15, 0.2) is 0 Å². The molecule has 3 N–H and O–H groups in total. The number of sulfonamides is 1. The van der Waals surface area contributed by atoms with Crippen molar-refractivity contribution >= 4 is 21.6 Å². The Balaban J connectivity index is 1.75. The standard InChI is InChI=1S/C20H20N4O4S/c1-2-14-3-5-15(6-4-14)18-11-12-20(26)24(23-18)13-19(25)22-16-7-9-17(10-8-16)29(21,27)28/h3-12H,2,13H2,1H3,(H,22,25)(H2,21,27,28). The van der Waals surface area contributed by atoms with Crippen LogP contribution >= 0.6 is 0 Å². The van der Waals surface area contributed by atoms with E-state index in [1.165, 1.54) is 35.9 Å². The molecule has 0 aliphatic rings. The molecule has 0 saturated heterocycles. The molecule has 2 aromatic carbocycles. The molecule has 0 spiro atoms. The van der Waals surface area contributed by atoms with Crippen molar-refractivity contribution in [3.8, 4) is 11.3 Å². The number of anilines is 1. The van der Waals surface area contributed by atoms with Gasteiger partial charge < -0.3 is 5.32 Å². The lowest BCUT2D eigenvalue weighted by atomic mass is 10.1. The lowest BCUT2D eigenvalue weighted by molar-refractivity contribution is -0.117. The lowest BCUT2D eigenvalue weighted by Gasteiger charge is -2.09. The van der Waals surface area contributed by atoms with Gasteiger partial charge in [0.1, 0.15) is 6.54 Å². The van der Waals surface area contributed by atoms with E-state index in [0.29, 0.717) is 11.4 Å². The first-order valence-corrected chi connectivity index (χ1v) is 10.4. The molecule has 3 aromatic rings. The van der Waals surface area contributed by atoms with Gasteiger partial charge in [-0.1, -0.05) is 31.2 Å². The summed E-state index contributed by atoms with van der Waals surface area (Å²) in [7, 11) is -3.81. The maximum Gasteiger partial charge on any atom is 0.267 e. The van der Waals surface area contributed by atoms with Gasteiger partial charge in [-0.25, -0.2) is 18.2 Å². The SMILES string of the molecule is CCc1ccc(-c2ccc(=O)n(CC(=O)Nc3ccc(S(N)(=O)=O)cc3)n2)cc1. The van der Waals surface area contributed by atoms with Crippen molar-refractivity contribution < 1.29 is 13.2 Å². The number of nitrogens with two attached hydrogens (primary N) is 1. The molecule has 150 valence electrons. The number of carbonyl (C=O) groups excluding carboxylic acids is 1. The molecule has 0 saturated carbocycles. The van der Waals surface area contributed by atoms with Gasteiger partial charge in [-0.15, -0.1) is 0 Å². The number of nitrogens with zero attached hydrogens (tertiary/aromatic N) is 2. The number of benzene rings is 2. The van der Waals surface area contributed by atoms with Gasteiger partial charge >= 0.3 is 0 Å². The molecule has 8 nitrogen and oxygen atoms in total. The molecule has 1 amide bonds. The molecule has 0 radical (unpaired) electrons. The van der Waals surface area contributed by atoms with Crippen molar-refractivity contribution in [1.29, 1.82) is 0 Å². The summed E-state index contributed by atoms with van der Waals surface area (Å²) in [6.07, 6.45) is 0.922. The number of primary sulfonamides is 1. The lowest BCUT2D eigenvalue weighted by Crippen LogP contribution is -2.29. The van der Waals surface area contributed by atoms with Crippen LogP contribution in [0.3, 0.4) is 0 Å². The maximum absolute atomic E-state index is 12.3. The van der Waals surface area contributed by atoms with Crippen LogP contribution < -0.4 is 16.0 Å². The Morgan fingerprint density at radius 3 is 2.28 bits per heavy atom. The second kappa shape index (κ2) is 8.38. The highest BCUT2D eigenvalue weighted by Gasteiger charge is 2.10. The summed E-state index contributed by atoms with van der Waals surface area (Å²) >= 11 is 0. The maximum atomic E-state index is 12.3. The Bertz CT molecular complexity index is 1180. The zero-order valence-electron chi connectivity index (χ0n) is 15.7. The zero-order valence-corrected chi connectivity index (χ0v) is 16.5. The molecule has 1 heterocycles. The molecule has 0 aliphatic carbocycles. The topological polar surface area (TPSA) is 124 Å². The molecule has 9 heteroatoms. The van der Waals surface area contributed by atoms with Gasteiger partial charge in [-0.05, 0) is 42.3 Å². The van der Waals surface area contributed by atoms with E-state index in [9.17, 15) is 18.0 Å². The molecule has 0 fully saturated rings. The van der Waals surface area contributed by atoms with E-state index in [-0.39, 0.29) is 11.4 Å². The van der Waals surface area contributed by atoms with Crippen LogP contribution in [0.15, 0.2) is 70.4 Å².